The van der Waals surface area contributed by atoms with E-state index in [9.17, 15) is 4.79 Å². The quantitative estimate of drug-likeness (QED) is 0.353. The molecule has 0 saturated carbocycles. The molecule has 162 valence electrons. The minimum atomic E-state index is -0.124. The molecule has 0 aliphatic heterocycles. The lowest BCUT2D eigenvalue weighted by Gasteiger charge is -2.12. The number of carbonyl (C=O) groups excluding carboxylic acids is 1. The summed E-state index contributed by atoms with van der Waals surface area (Å²) in [6.07, 6.45) is 4.28. The predicted molar refractivity (Wildman–Crippen MR) is 125 cm³/mol. The zero-order valence-electron chi connectivity index (χ0n) is 17.5. The normalized spacial score (nSPS) is 11.2. The summed E-state index contributed by atoms with van der Waals surface area (Å²) in [4.78, 5) is 16.8. The van der Waals surface area contributed by atoms with E-state index >= 15 is 0 Å². The van der Waals surface area contributed by atoms with Crippen LogP contribution in [0, 0.1) is 0 Å². The molecule has 3 aromatic rings. The van der Waals surface area contributed by atoms with Gasteiger partial charge in [0.05, 0.1) is 6.54 Å². The Hall–Kier alpha value is -3.32. The SMILES string of the molecule is CCNC(=NCc1cccc(NC(=O)Cn2cccn2)c1)NCCc1ccc(Cl)cc1. The van der Waals surface area contributed by atoms with Crippen LogP contribution in [0.4, 0.5) is 5.69 Å². The summed E-state index contributed by atoms with van der Waals surface area (Å²) in [6, 6.07) is 17.3. The topological polar surface area (TPSA) is 83.3 Å². The van der Waals surface area contributed by atoms with Crippen LogP contribution in [0.15, 0.2) is 72.0 Å². The van der Waals surface area contributed by atoms with Crippen LogP contribution in [0.2, 0.25) is 5.02 Å². The summed E-state index contributed by atoms with van der Waals surface area (Å²) in [5, 5.41) is 14.3. The number of anilines is 1. The van der Waals surface area contributed by atoms with Crippen molar-refractivity contribution in [1.82, 2.24) is 20.4 Å². The van der Waals surface area contributed by atoms with E-state index in [-0.39, 0.29) is 12.5 Å². The summed E-state index contributed by atoms with van der Waals surface area (Å²) in [5.74, 6) is 0.631. The van der Waals surface area contributed by atoms with Crippen molar-refractivity contribution in [3.05, 3.63) is 83.1 Å². The second-order valence-electron chi connectivity index (χ2n) is 6.95. The zero-order chi connectivity index (χ0) is 21.9. The van der Waals surface area contributed by atoms with Crippen LogP contribution in [0.5, 0.6) is 0 Å². The molecule has 2 aromatic carbocycles. The first kappa shape index (κ1) is 22.4. The molecule has 3 N–H and O–H groups in total. The van der Waals surface area contributed by atoms with E-state index in [0.717, 1.165) is 41.7 Å². The van der Waals surface area contributed by atoms with Gasteiger partial charge in [0.25, 0.3) is 0 Å². The summed E-state index contributed by atoms with van der Waals surface area (Å²) in [5.41, 5.74) is 2.96. The third-order valence-corrected chi connectivity index (χ3v) is 4.71. The number of nitrogens with one attached hydrogen (secondary N) is 3. The second-order valence-corrected chi connectivity index (χ2v) is 7.39. The average Bonchev–Trinajstić information content (AvgIpc) is 3.26. The molecule has 0 radical (unpaired) electrons. The number of guanidine groups is 1. The molecule has 0 fully saturated rings. The standard InChI is InChI=1S/C23H27ClN6O/c1-2-25-23(26-13-11-18-7-9-20(24)10-8-18)27-16-19-5-3-6-21(15-19)29-22(31)17-30-14-4-12-28-30/h3-10,12,14-15H,2,11,13,16-17H2,1H3,(H,29,31)(H2,25,26,27). The largest absolute Gasteiger partial charge is 0.357 e. The highest BCUT2D eigenvalue weighted by molar-refractivity contribution is 6.30. The fourth-order valence-corrected chi connectivity index (χ4v) is 3.10. The summed E-state index contributed by atoms with van der Waals surface area (Å²) in [7, 11) is 0. The lowest BCUT2D eigenvalue weighted by atomic mass is 10.1. The maximum absolute atomic E-state index is 12.2. The van der Waals surface area contributed by atoms with Gasteiger partial charge in [-0.15, -0.1) is 0 Å². The molecule has 0 spiro atoms. The molecule has 1 amide bonds. The van der Waals surface area contributed by atoms with E-state index < -0.39 is 0 Å². The number of hydrogen-bond acceptors (Lipinski definition) is 3. The van der Waals surface area contributed by atoms with Crippen molar-refractivity contribution in [2.24, 2.45) is 4.99 Å². The molecule has 0 aliphatic carbocycles. The van der Waals surface area contributed by atoms with Crippen molar-refractivity contribution in [1.29, 1.82) is 0 Å². The van der Waals surface area contributed by atoms with Gasteiger partial charge >= 0.3 is 0 Å². The van der Waals surface area contributed by atoms with Gasteiger partial charge < -0.3 is 16.0 Å². The molecule has 3 rings (SSSR count). The number of carbonyl (C=O) groups is 1. The van der Waals surface area contributed by atoms with Gasteiger partial charge in [-0.2, -0.15) is 5.10 Å². The van der Waals surface area contributed by atoms with Crippen LogP contribution in [0.1, 0.15) is 18.1 Å². The Labute approximate surface area is 187 Å². The number of rotatable bonds is 9. The number of benzene rings is 2. The highest BCUT2D eigenvalue weighted by atomic mass is 35.5. The van der Waals surface area contributed by atoms with Crippen molar-refractivity contribution >= 4 is 29.2 Å². The first-order valence-corrected chi connectivity index (χ1v) is 10.6. The molecule has 0 aliphatic rings. The van der Waals surface area contributed by atoms with E-state index in [1.165, 1.54) is 5.56 Å². The van der Waals surface area contributed by atoms with Crippen molar-refractivity contribution < 1.29 is 4.79 Å². The van der Waals surface area contributed by atoms with E-state index in [0.29, 0.717) is 6.54 Å². The van der Waals surface area contributed by atoms with Crippen LogP contribution < -0.4 is 16.0 Å². The van der Waals surface area contributed by atoms with Gasteiger partial charge in [0.2, 0.25) is 5.91 Å². The van der Waals surface area contributed by atoms with Gasteiger partial charge in [0.15, 0.2) is 5.96 Å². The van der Waals surface area contributed by atoms with Gasteiger partial charge in [0.1, 0.15) is 6.54 Å². The fraction of sp³-hybridized carbons (Fsp3) is 0.261. The van der Waals surface area contributed by atoms with Gasteiger partial charge in [0, 0.05) is 36.2 Å². The number of amides is 1. The monoisotopic (exact) mass is 438 g/mol. The van der Waals surface area contributed by atoms with Crippen molar-refractivity contribution in [2.75, 3.05) is 18.4 Å². The number of aromatic nitrogens is 2. The molecule has 0 saturated heterocycles. The summed E-state index contributed by atoms with van der Waals surface area (Å²) >= 11 is 5.94. The highest BCUT2D eigenvalue weighted by Crippen LogP contribution is 2.12. The molecule has 0 atom stereocenters. The molecule has 0 unspecified atom stereocenters. The number of halogens is 1. The summed E-state index contributed by atoms with van der Waals surface area (Å²) < 4.78 is 1.59. The first-order chi connectivity index (χ1) is 15.1. The molecule has 31 heavy (non-hydrogen) atoms. The number of aliphatic imine (C=N–C) groups is 1. The number of nitrogens with zero attached hydrogens (tertiary/aromatic N) is 3. The van der Waals surface area contributed by atoms with Crippen molar-refractivity contribution in [2.45, 2.75) is 26.4 Å². The van der Waals surface area contributed by atoms with Gasteiger partial charge in [-0.1, -0.05) is 35.9 Å². The molecule has 1 heterocycles. The Kier molecular flexibility index (Phi) is 8.48. The van der Waals surface area contributed by atoms with Crippen LogP contribution >= 0.6 is 11.6 Å². The lowest BCUT2D eigenvalue weighted by molar-refractivity contribution is -0.116. The van der Waals surface area contributed by atoms with E-state index in [2.05, 4.69) is 26.0 Å². The van der Waals surface area contributed by atoms with Crippen LogP contribution in [-0.4, -0.2) is 34.7 Å². The van der Waals surface area contributed by atoms with E-state index in [1.807, 2.05) is 55.5 Å². The maximum atomic E-state index is 12.2. The molecular formula is C23H27ClN6O. The van der Waals surface area contributed by atoms with Crippen LogP contribution in [-0.2, 0) is 24.3 Å². The molecule has 1 aromatic heterocycles. The molecular weight excluding hydrogens is 412 g/mol. The highest BCUT2D eigenvalue weighted by Gasteiger charge is 2.05. The van der Waals surface area contributed by atoms with E-state index in [1.54, 1.807) is 23.1 Å². The Balaban J connectivity index is 1.52. The van der Waals surface area contributed by atoms with Crippen molar-refractivity contribution in [3.8, 4) is 0 Å². The Morgan fingerprint density at radius 1 is 1.10 bits per heavy atom. The zero-order valence-corrected chi connectivity index (χ0v) is 18.3. The maximum Gasteiger partial charge on any atom is 0.246 e. The predicted octanol–water partition coefficient (Wildman–Crippen LogP) is 3.47. The molecule has 8 heteroatoms. The van der Waals surface area contributed by atoms with E-state index in [4.69, 9.17) is 11.6 Å². The van der Waals surface area contributed by atoms with Gasteiger partial charge in [-0.3, -0.25) is 9.48 Å². The smallest absolute Gasteiger partial charge is 0.246 e. The van der Waals surface area contributed by atoms with Crippen molar-refractivity contribution in [3.63, 3.8) is 0 Å². The first-order valence-electron chi connectivity index (χ1n) is 10.2. The third-order valence-electron chi connectivity index (χ3n) is 4.46. The van der Waals surface area contributed by atoms with Gasteiger partial charge in [-0.05, 0) is 54.8 Å². The van der Waals surface area contributed by atoms with Gasteiger partial charge in [-0.25, -0.2) is 4.99 Å². The van der Waals surface area contributed by atoms with Crippen LogP contribution in [0.3, 0.4) is 0 Å². The fourth-order valence-electron chi connectivity index (χ4n) is 2.98. The Morgan fingerprint density at radius 3 is 2.68 bits per heavy atom. The minimum absolute atomic E-state index is 0.124. The number of hydrogen-bond donors (Lipinski definition) is 3. The Morgan fingerprint density at radius 2 is 1.94 bits per heavy atom. The average molecular weight is 439 g/mol. The minimum Gasteiger partial charge on any atom is -0.357 e. The third kappa shape index (κ3) is 7.79. The molecule has 0 bridgehead atoms. The lowest BCUT2D eigenvalue weighted by Crippen LogP contribution is -2.38. The second kappa shape index (κ2) is 11.8. The Bertz CT molecular complexity index is 986. The summed E-state index contributed by atoms with van der Waals surface area (Å²) in [6.45, 7) is 4.25. The van der Waals surface area contributed by atoms with Crippen LogP contribution in [0.25, 0.3) is 0 Å². The molecule has 7 nitrogen and oxygen atoms in total.